The van der Waals surface area contributed by atoms with Crippen LogP contribution in [0, 0.1) is 13.8 Å². The maximum atomic E-state index is 13.1. The second-order valence-corrected chi connectivity index (χ2v) is 7.75. The van der Waals surface area contributed by atoms with Gasteiger partial charge in [0.2, 0.25) is 0 Å². The summed E-state index contributed by atoms with van der Waals surface area (Å²) < 4.78 is 20.1. The van der Waals surface area contributed by atoms with Crippen LogP contribution in [0.5, 0.6) is 5.75 Å². The molecule has 0 amide bonds. The van der Waals surface area contributed by atoms with Gasteiger partial charge < -0.3 is 9.84 Å². The number of H-pyrrole nitrogens is 1. The van der Waals surface area contributed by atoms with Gasteiger partial charge in [0.05, 0.1) is 17.5 Å². The van der Waals surface area contributed by atoms with Crippen molar-refractivity contribution in [1.29, 1.82) is 0 Å². The Morgan fingerprint density at radius 1 is 1.21 bits per heavy atom. The Hall–Kier alpha value is -3.04. The highest BCUT2D eigenvalue weighted by Gasteiger charge is 2.20. The first-order valence-electron chi connectivity index (χ1n) is 8.63. The van der Waals surface area contributed by atoms with E-state index in [1.807, 2.05) is 26.0 Å². The molecule has 0 bridgehead atoms. The van der Waals surface area contributed by atoms with E-state index in [2.05, 4.69) is 15.3 Å². The highest BCUT2D eigenvalue weighted by molar-refractivity contribution is 7.85. The van der Waals surface area contributed by atoms with Crippen LogP contribution >= 0.6 is 0 Å². The van der Waals surface area contributed by atoms with Crippen LogP contribution in [0.2, 0.25) is 0 Å². The minimum atomic E-state index is -1.60. The number of fused-ring (bicyclic) bond motifs is 3. The number of nitrogens with one attached hydrogen (secondary N) is 1. The van der Waals surface area contributed by atoms with Crippen molar-refractivity contribution < 1.29 is 14.1 Å². The van der Waals surface area contributed by atoms with Gasteiger partial charge in [-0.2, -0.15) is 4.98 Å². The first kappa shape index (κ1) is 18.3. The van der Waals surface area contributed by atoms with Gasteiger partial charge in [0.25, 0.3) is 5.56 Å². The fourth-order valence-corrected chi connectivity index (χ4v) is 4.25. The molecule has 1 unspecified atom stereocenters. The van der Waals surface area contributed by atoms with E-state index in [9.17, 15) is 9.00 Å². The molecule has 0 saturated carbocycles. The van der Waals surface area contributed by atoms with Crippen molar-refractivity contribution in [1.82, 2.24) is 19.8 Å². The monoisotopic (exact) mass is 398 g/mol. The lowest BCUT2D eigenvalue weighted by Gasteiger charge is -2.07. The van der Waals surface area contributed by atoms with Crippen molar-refractivity contribution in [2.24, 2.45) is 0 Å². The van der Waals surface area contributed by atoms with E-state index in [1.54, 1.807) is 24.3 Å². The van der Waals surface area contributed by atoms with Gasteiger partial charge in [0.15, 0.2) is 10.7 Å². The fourth-order valence-electron chi connectivity index (χ4n) is 3.08. The standard InChI is InChI=1S/C19H18N4O4S/c1-11-3-6-16(12(2)9-11)28(26)19-17-20-18(25)14-5-4-13(27-8-7-24)10-15(14)23(17)22-21-19/h3-6,9-10,22,24H,7-8H2,1-2H3. The van der Waals surface area contributed by atoms with Gasteiger partial charge in [-0.15, -0.1) is 5.10 Å². The molecule has 28 heavy (non-hydrogen) atoms. The molecule has 9 heteroatoms. The zero-order chi connectivity index (χ0) is 19.8. The Morgan fingerprint density at radius 2 is 2.04 bits per heavy atom. The van der Waals surface area contributed by atoms with Crippen LogP contribution in [0.4, 0.5) is 0 Å². The molecular weight excluding hydrogens is 380 g/mol. The largest absolute Gasteiger partial charge is 0.491 e. The lowest BCUT2D eigenvalue weighted by Crippen LogP contribution is -2.11. The van der Waals surface area contributed by atoms with E-state index in [1.165, 1.54) is 4.52 Å². The molecule has 0 aliphatic rings. The normalized spacial score (nSPS) is 12.5. The molecule has 2 heterocycles. The number of benzene rings is 2. The van der Waals surface area contributed by atoms with E-state index >= 15 is 0 Å². The lowest BCUT2D eigenvalue weighted by molar-refractivity contribution is 0.201. The number of aliphatic hydroxyl groups is 1. The third-order valence-electron chi connectivity index (χ3n) is 4.37. The summed E-state index contributed by atoms with van der Waals surface area (Å²) in [5, 5.41) is 16.5. The lowest BCUT2D eigenvalue weighted by atomic mass is 10.2. The maximum absolute atomic E-state index is 13.1. The molecule has 0 radical (unpaired) electrons. The number of aromatic nitrogens is 4. The molecular formula is C19H18N4O4S. The van der Waals surface area contributed by atoms with Gasteiger partial charge in [-0.25, -0.2) is 13.9 Å². The molecule has 0 aliphatic heterocycles. The highest BCUT2D eigenvalue weighted by Crippen LogP contribution is 2.24. The minimum Gasteiger partial charge on any atom is -0.491 e. The van der Waals surface area contributed by atoms with Crippen molar-refractivity contribution in [2.75, 3.05) is 13.2 Å². The Balaban J connectivity index is 1.89. The van der Waals surface area contributed by atoms with E-state index < -0.39 is 16.4 Å². The van der Waals surface area contributed by atoms with Gasteiger partial charge in [-0.3, -0.25) is 4.79 Å². The van der Waals surface area contributed by atoms with Crippen molar-refractivity contribution in [2.45, 2.75) is 23.8 Å². The minimum absolute atomic E-state index is 0.118. The summed E-state index contributed by atoms with van der Waals surface area (Å²) >= 11 is 0. The van der Waals surface area contributed by atoms with Crippen LogP contribution in [-0.2, 0) is 10.8 Å². The summed E-state index contributed by atoms with van der Waals surface area (Å²) in [4.78, 5) is 17.2. The number of aromatic amines is 1. The molecule has 0 saturated heterocycles. The van der Waals surface area contributed by atoms with Crippen molar-refractivity contribution >= 4 is 27.3 Å². The van der Waals surface area contributed by atoms with Crippen LogP contribution in [-0.4, -0.2) is 42.3 Å². The molecule has 2 N–H and O–H groups in total. The Kier molecular flexibility index (Phi) is 4.70. The Labute approximate surface area is 162 Å². The van der Waals surface area contributed by atoms with E-state index in [4.69, 9.17) is 9.84 Å². The molecule has 4 rings (SSSR count). The van der Waals surface area contributed by atoms with Crippen LogP contribution in [0.1, 0.15) is 11.1 Å². The summed E-state index contributed by atoms with van der Waals surface area (Å²) in [6, 6.07) is 10.5. The number of hydrogen-bond donors (Lipinski definition) is 2. The molecule has 0 fully saturated rings. The topological polar surface area (TPSA) is 110 Å². The van der Waals surface area contributed by atoms with Crippen LogP contribution in [0.25, 0.3) is 16.6 Å². The molecule has 0 spiro atoms. The summed E-state index contributed by atoms with van der Waals surface area (Å²) in [6.07, 6.45) is 0. The third-order valence-corrected chi connectivity index (χ3v) is 5.85. The van der Waals surface area contributed by atoms with Crippen LogP contribution in [0.3, 0.4) is 0 Å². The first-order chi connectivity index (χ1) is 13.5. The van der Waals surface area contributed by atoms with Gasteiger partial charge in [-0.1, -0.05) is 17.7 Å². The molecule has 1 atom stereocenters. The number of rotatable bonds is 5. The average molecular weight is 398 g/mol. The summed E-state index contributed by atoms with van der Waals surface area (Å²) in [7, 11) is -1.60. The van der Waals surface area contributed by atoms with E-state index in [-0.39, 0.29) is 23.9 Å². The van der Waals surface area contributed by atoms with Crippen LogP contribution < -0.4 is 10.3 Å². The zero-order valence-electron chi connectivity index (χ0n) is 15.3. The Bertz CT molecular complexity index is 1280. The summed E-state index contributed by atoms with van der Waals surface area (Å²) in [5.41, 5.74) is 2.21. The third kappa shape index (κ3) is 3.08. The maximum Gasteiger partial charge on any atom is 0.281 e. The SMILES string of the molecule is Cc1ccc(S(=O)c2n[nH]n3c2nc(=O)c2ccc(OCCO)cc23)c(C)c1. The summed E-state index contributed by atoms with van der Waals surface area (Å²) in [5.74, 6) is 0.493. The first-order valence-corrected chi connectivity index (χ1v) is 9.78. The average Bonchev–Trinajstić information content (AvgIpc) is 3.09. The highest BCUT2D eigenvalue weighted by atomic mass is 32.2. The number of aliphatic hydroxyl groups excluding tert-OH is 1. The van der Waals surface area contributed by atoms with Crippen molar-refractivity contribution in [3.8, 4) is 5.75 Å². The zero-order valence-corrected chi connectivity index (χ0v) is 16.1. The molecule has 8 nitrogen and oxygen atoms in total. The van der Waals surface area contributed by atoms with Gasteiger partial charge >= 0.3 is 0 Å². The predicted molar refractivity (Wildman–Crippen MR) is 104 cm³/mol. The molecule has 4 aromatic rings. The number of ether oxygens (including phenoxy) is 1. The van der Waals surface area contributed by atoms with Crippen molar-refractivity contribution in [3.05, 3.63) is 57.9 Å². The van der Waals surface area contributed by atoms with E-state index in [0.717, 1.165) is 11.1 Å². The number of hydrogen-bond acceptors (Lipinski definition) is 6. The van der Waals surface area contributed by atoms with E-state index in [0.29, 0.717) is 21.5 Å². The summed E-state index contributed by atoms with van der Waals surface area (Å²) in [6.45, 7) is 3.87. The quantitative estimate of drug-likeness (QED) is 0.530. The predicted octanol–water partition coefficient (Wildman–Crippen LogP) is 1.73. The smallest absolute Gasteiger partial charge is 0.281 e. The van der Waals surface area contributed by atoms with Gasteiger partial charge in [-0.05, 0) is 37.6 Å². The molecule has 0 aliphatic carbocycles. The number of nitrogens with zero attached hydrogens (tertiary/aromatic N) is 3. The number of aryl methyl sites for hydroxylation is 2. The molecule has 2 aromatic heterocycles. The van der Waals surface area contributed by atoms with Crippen molar-refractivity contribution in [3.63, 3.8) is 0 Å². The van der Waals surface area contributed by atoms with Crippen LogP contribution in [0.15, 0.2) is 51.1 Å². The Morgan fingerprint density at radius 3 is 2.79 bits per heavy atom. The second kappa shape index (κ2) is 7.17. The van der Waals surface area contributed by atoms with Gasteiger partial charge in [0.1, 0.15) is 23.2 Å². The molecule has 144 valence electrons. The second-order valence-electron chi connectivity index (χ2n) is 6.38. The molecule has 2 aromatic carbocycles. The fraction of sp³-hybridized carbons (Fsp3) is 0.211. The van der Waals surface area contributed by atoms with Gasteiger partial charge in [0, 0.05) is 11.0 Å².